The Balaban J connectivity index is 2.79. The third-order valence-electron chi connectivity index (χ3n) is 2.10. The smallest absolute Gasteiger partial charge is 0.251 e. The van der Waals surface area contributed by atoms with Gasteiger partial charge in [0.1, 0.15) is 5.82 Å². The second-order valence-electron chi connectivity index (χ2n) is 3.22. The predicted molar refractivity (Wildman–Crippen MR) is 63.1 cm³/mol. The highest BCUT2D eigenvalue weighted by atomic mass is 19.1. The molecular formula is C12H15FN2O. The van der Waals surface area contributed by atoms with Crippen molar-refractivity contribution in [2.24, 2.45) is 0 Å². The van der Waals surface area contributed by atoms with Gasteiger partial charge < -0.3 is 10.6 Å². The number of hydrogen-bond donors (Lipinski definition) is 2. The molecule has 1 rings (SSSR count). The Bertz CT molecular complexity index is 402. The number of hydrogen-bond acceptors (Lipinski definition) is 2. The summed E-state index contributed by atoms with van der Waals surface area (Å²) in [5, 5.41) is 5.35. The van der Waals surface area contributed by atoms with Gasteiger partial charge in [-0.25, -0.2) is 4.39 Å². The number of carbonyl (C=O) groups is 1. The molecule has 1 aromatic rings. The number of benzene rings is 1. The average Bonchev–Trinajstić information content (AvgIpc) is 2.30. The van der Waals surface area contributed by atoms with E-state index < -0.39 is 5.82 Å². The molecule has 86 valence electrons. The van der Waals surface area contributed by atoms with Crippen molar-refractivity contribution < 1.29 is 9.18 Å². The summed E-state index contributed by atoms with van der Waals surface area (Å²) in [6.07, 6.45) is 3.76. The van der Waals surface area contributed by atoms with Crippen LogP contribution in [0.5, 0.6) is 0 Å². The first-order valence-electron chi connectivity index (χ1n) is 5.05. The van der Waals surface area contributed by atoms with Crippen LogP contribution in [0.25, 0.3) is 0 Å². The first kappa shape index (κ1) is 12.2. The standard InChI is InChI=1S/C12H15FN2O/c1-3-4-7-15-11-6-5-9(8-10(11)13)12(16)14-2/h3-6,8,15H,7H2,1-2H3,(H,14,16)/b4-3+. The summed E-state index contributed by atoms with van der Waals surface area (Å²) in [5.41, 5.74) is 0.710. The van der Waals surface area contributed by atoms with Crippen LogP contribution in [-0.4, -0.2) is 19.5 Å². The van der Waals surface area contributed by atoms with Gasteiger partial charge in [0.25, 0.3) is 5.91 Å². The van der Waals surface area contributed by atoms with Gasteiger partial charge in [0.05, 0.1) is 5.69 Å². The van der Waals surface area contributed by atoms with E-state index >= 15 is 0 Å². The fraction of sp³-hybridized carbons (Fsp3) is 0.250. The third-order valence-corrected chi connectivity index (χ3v) is 2.10. The van der Waals surface area contributed by atoms with Crippen molar-refractivity contribution in [2.75, 3.05) is 18.9 Å². The maximum Gasteiger partial charge on any atom is 0.251 e. The quantitative estimate of drug-likeness (QED) is 0.766. The largest absolute Gasteiger partial charge is 0.379 e. The van der Waals surface area contributed by atoms with Gasteiger partial charge in [0, 0.05) is 19.2 Å². The minimum absolute atomic E-state index is 0.293. The Kier molecular flexibility index (Phi) is 4.51. The van der Waals surface area contributed by atoms with Crippen LogP contribution in [0.4, 0.5) is 10.1 Å². The van der Waals surface area contributed by atoms with E-state index in [0.29, 0.717) is 17.8 Å². The average molecular weight is 222 g/mol. The fourth-order valence-corrected chi connectivity index (χ4v) is 1.23. The Labute approximate surface area is 94.4 Å². The van der Waals surface area contributed by atoms with E-state index in [1.807, 2.05) is 19.1 Å². The molecular weight excluding hydrogens is 207 g/mol. The summed E-state index contributed by atoms with van der Waals surface area (Å²) < 4.78 is 13.5. The van der Waals surface area contributed by atoms with Gasteiger partial charge in [-0.1, -0.05) is 12.2 Å². The predicted octanol–water partition coefficient (Wildman–Crippen LogP) is 2.17. The molecule has 0 heterocycles. The Morgan fingerprint density at radius 3 is 2.81 bits per heavy atom. The number of allylic oxidation sites excluding steroid dienone is 1. The molecule has 0 atom stereocenters. The van der Waals surface area contributed by atoms with Crippen molar-refractivity contribution in [2.45, 2.75) is 6.92 Å². The second kappa shape index (κ2) is 5.90. The minimum atomic E-state index is -0.425. The molecule has 0 bridgehead atoms. The van der Waals surface area contributed by atoms with Gasteiger partial charge in [-0.2, -0.15) is 0 Å². The summed E-state index contributed by atoms with van der Waals surface area (Å²) in [6.45, 7) is 2.46. The van der Waals surface area contributed by atoms with Crippen LogP contribution in [0.3, 0.4) is 0 Å². The summed E-state index contributed by atoms with van der Waals surface area (Å²) in [6, 6.07) is 4.36. The minimum Gasteiger partial charge on any atom is -0.379 e. The molecule has 0 spiro atoms. The highest BCUT2D eigenvalue weighted by molar-refractivity contribution is 5.94. The van der Waals surface area contributed by atoms with Crippen molar-refractivity contribution >= 4 is 11.6 Å². The molecule has 0 unspecified atom stereocenters. The maximum absolute atomic E-state index is 13.5. The van der Waals surface area contributed by atoms with Crippen LogP contribution in [0.2, 0.25) is 0 Å². The zero-order valence-corrected chi connectivity index (χ0v) is 9.38. The lowest BCUT2D eigenvalue weighted by molar-refractivity contribution is 0.0962. The van der Waals surface area contributed by atoms with Crippen LogP contribution in [0.1, 0.15) is 17.3 Å². The number of nitrogens with one attached hydrogen (secondary N) is 2. The Morgan fingerprint density at radius 1 is 1.50 bits per heavy atom. The van der Waals surface area contributed by atoms with Crippen molar-refractivity contribution in [3.63, 3.8) is 0 Å². The van der Waals surface area contributed by atoms with Gasteiger partial charge in [0.2, 0.25) is 0 Å². The van der Waals surface area contributed by atoms with Crippen LogP contribution in [0, 0.1) is 5.82 Å². The lowest BCUT2D eigenvalue weighted by atomic mass is 10.2. The molecule has 4 heteroatoms. The van der Waals surface area contributed by atoms with E-state index in [1.165, 1.54) is 13.1 Å². The molecule has 1 aromatic carbocycles. The van der Waals surface area contributed by atoms with E-state index in [4.69, 9.17) is 0 Å². The summed E-state index contributed by atoms with van der Waals surface area (Å²) >= 11 is 0. The SMILES string of the molecule is C/C=C/CNc1ccc(C(=O)NC)cc1F. The van der Waals surface area contributed by atoms with Crippen molar-refractivity contribution in [3.05, 3.63) is 41.7 Å². The summed E-state index contributed by atoms with van der Waals surface area (Å²) in [4.78, 5) is 11.2. The molecule has 0 aromatic heterocycles. The maximum atomic E-state index is 13.5. The molecule has 2 N–H and O–H groups in total. The van der Waals surface area contributed by atoms with E-state index in [-0.39, 0.29) is 5.91 Å². The van der Waals surface area contributed by atoms with E-state index in [9.17, 15) is 9.18 Å². The van der Waals surface area contributed by atoms with Crippen LogP contribution < -0.4 is 10.6 Å². The first-order valence-corrected chi connectivity index (χ1v) is 5.05. The van der Waals surface area contributed by atoms with Gasteiger partial charge in [-0.05, 0) is 25.1 Å². The monoisotopic (exact) mass is 222 g/mol. The number of carbonyl (C=O) groups excluding carboxylic acids is 1. The number of halogens is 1. The highest BCUT2D eigenvalue weighted by Gasteiger charge is 2.07. The molecule has 0 fully saturated rings. The lowest BCUT2D eigenvalue weighted by Gasteiger charge is -2.06. The Hall–Kier alpha value is -1.84. The van der Waals surface area contributed by atoms with Crippen LogP contribution >= 0.6 is 0 Å². The number of amides is 1. The topological polar surface area (TPSA) is 41.1 Å². The number of anilines is 1. The molecule has 16 heavy (non-hydrogen) atoms. The Morgan fingerprint density at radius 2 is 2.25 bits per heavy atom. The van der Waals surface area contributed by atoms with E-state index in [1.54, 1.807) is 12.1 Å². The van der Waals surface area contributed by atoms with Crippen molar-refractivity contribution in [1.82, 2.24) is 5.32 Å². The van der Waals surface area contributed by atoms with Crippen LogP contribution in [-0.2, 0) is 0 Å². The van der Waals surface area contributed by atoms with Crippen molar-refractivity contribution in [3.8, 4) is 0 Å². The zero-order chi connectivity index (χ0) is 12.0. The van der Waals surface area contributed by atoms with Gasteiger partial charge in [0.15, 0.2) is 0 Å². The normalized spacial score (nSPS) is 10.4. The zero-order valence-electron chi connectivity index (χ0n) is 9.38. The molecule has 0 aliphatic carbocycles. The van der Waals surface area contributed by atoms with Gasteiger partial charge in [-0.3, -0.25) is 4.79 Å². The highest BCUT2D eigenvalue weighted by Crippen LogP contribution is 2.15. The van der Waals surface area contributed by atoms with Gasteiger partial charge in [-0.15, -0.1) is 0 Å². The molecule has 0 saturated heterocycles. The fourth-order valence-electron chi connectivity index (χ4n) is 1.23. The molecule has 3 nitrogen and oxygen atoms in total. The summed E-state index contributed by atoms with van der Waals surface area (Å²) in [7, 11) is 1.51. The summed E-state index contributed by atoms with van der Waals surface area (Å²) in [5.74, 6) is -0.718. The third kappa shape index (κ3) is 3.08. The molecule has 0 aliphatic rings. The molecule has 1 amide bonds. The van der Waals surface area contributed by atoms with Crippen LogP contribution in [0.15, 0.2) is 30.4 Å². The van der Waals surface area contributed by atoms with Gasteiger partial charge >= 0.3 is 0 Å². The lowest BCUT2D eigenvalue weighted by Crippen LogP contribution is -2.18. The van der Waals surface area contributed by atoms with E-state index in [2.05, 4.69) is 10.6 Å². The second-order valence-corrected chi connectivity index (χ2v) is 3.22. The molecule has 0 radical (unpaired) electrons. The first-order chi connectivity index (χ1) is 7.69. The molecule has 0 aliphatic heterocycles. The molecule has 0 saturated carbocycles. The van der Waals surface area contributed by atoms with Crippen molar-refractivity contribution in [1.29, 1.82) is 0 Å². The number of rotatable bonds is 4. The van der Waals surface area contributed by atoms with E-state index in [0.717, 1.165) is 0 Å².